The van der Waals surface area contributed by atoms with Gasteiger partial charge in [0, 0.05) is 6.04 Å². The van der Waals surface area contributed by atoms with Crippen LogP contribution in [0.15, 0.2) is 0 Å². The zero-order chi connectivity index (χ0) is 17.5. The smallest absolute Gasteiger partial charge is 0.00386 e. The van der Waals surface area contributed by atoms with E-state index < -0.39 is 0 Å². The number of hydrogen-bond donors (Lipinski definition) is 4. The fraction of sp³-hybridized carbons (Fsp3) is 1.00. The average molecular weight is 341 g/mol. The van der Waals surface area contributed by atoms with Crippen LogP contribution in [0, 0.1) is 11.8 Å². The Labute approximate surface area is 151 Å². The first-order valence-corrected chi connectivity index (χ1v) is 10.6. The van der Waals surface area contributed by atoms with Crippen molar-refractivity contribution in [2.45, 2.75) is 71.8 Å². The molecule has 4 nitrogen and oxygen atoms in total. The predicted octanol–water partition coefficient (Wildman–Crippen LogP) is 2.75. The summed E-state index contributed by atoms with van der Waals surface area (Å²) >= 11 is 0. The molecule has 0 spiro atoms. The third kappa shape index (κ3) is 12.2. The van der Waals surface area contributed by atoms with Crippen molar-refractivity contribution in [3.05, 3.63) is 0 Å². The molecule has 0 aromatic rings. The summed E-state index contributed by atoms with van der Waals surface area (Å²) in [5, 5.41) is 14.3. The lowest BCUT2D eigenvalue weighted by atomic mass is 10.2. The predicted molar refractivity (Wildman–Crippen MR) is 107 cm³/mol. The van der Waals surface area contributed by atoms with Crippen molar-refractivity contribution in [1.82, 2.24) is 21.3 Å². The van der Waals surface area contributed by atoms with Gasteiger partial charge in [-0.05, 0) is 103 Å². The van der Waals surface area contributed by atoms with E-state index in [2.05, 4.69) is 42.0 Å². The molecule has 1 saturated carbocycles. The summed E-state index contributed by atoms with van der Waals surface area (Å²) in [6, 6.07) is 0.686. The Morgan fingerprint density at radius 3 is 1.88 bits per heavy atom. The molecule has 0 aromatic heterocycles. The van der Waals surface area contributed by atoms with Crippen molar-refractivity contribution < 1.29 is 0 Å². The Hall–Kier alpha value is -0.160. The molecule has 1 unspecified atom stereocenters. The van der Waals surface area contributed by atoms with Crippen molar-refractivity contribution in [2.75, 3.05) is 45.8 Å². The summed E-state index contributed by atoms with van der Waals surface area (Å²) < 4.78 is 0. The standard InChI is InChI=1S/C20H44N4/c1-4-10-18(3)24-14-9-8-13-23-17-20-15-19(20)16-22-12-7-6-11-21-5-2/h18-24H,4-17H2,1-3H3/t18?,19-,20-/m0/s1. The minimum absolute atomic E-state index is 0.686. The number of rotatable bonds is 18. The fourth-order valence-electron chi connectivity index (χ4n) is 3.32. The molecule has 24 heavy (non-hydrogen) atoms. The monoisotopic (exact) mass is 340 g/mol. The molecule has 4 N–H and O–H groups in total. The van der Waals surface area contributed by atoms with E-state index in [9.17, 15) is 0 Å². The molecule has 0 radical (unpaired) electrons. The molecule has 3 atom stereocenters. The van der Waals surface area contributed by atoms with Crippen molar-refractivity contribution in [3.8, 4) is 0 Å². The first-order valence-electron chi connectivity index (χ1n) is 10.6. The number of nitrogens with one attached hydrogen (secondary N) is 4. The molecule has 0 saturated heterocycles. The topological polar surface area (TPSA) is 48.1 Å². The minimum atomic E-state index is 0.686. The van der Waals surface area contributed by atoms with Gasteiger partial charge in [0.1, 0.15) is 0 Å². The molecular formula is C20H44N4. The minimum Gasteiger partial charge on any atom is -0.317 e. The van der Waals surface area contributed by atoms with E-state index in [4.69, 9.17) is 0 Å². The third-order valence-electron chi connectivity index (χ3n) is 5.08. The highest BCUT2D eigenvalue weighted by Crippen LogP contribution is 2.36. The normalized spacial score (nSPS) is 21.1. The molecule has 0 amide bonds. The van der Waals surface area contributed by atoms with Gasteiger partial charge >= 0.3 is 0 Å². The van der Waals surface area contributed by atoms with Gasteiger partial charge in [-0.15, -0.1) is 0 Å². The maximum Gasteiger partial charge on any atom is 0.00386 e. The van der Waals surface area contributed by atoms with Crippen molar-refractivity contribution in [2.24, 2.45) is 11.8 Å². The second kappa shape index (κ2) is 15.1. The van der Waals surface area contributed by atoms with Gasteiger partial charge in [0.2, 0.25) is 0 Å². The van der Waals surface area contributed by atoms with Crippen LogP contribution in [0.3, 0.4) is 0 Å². The summed E-state index contributed by atoms with van der Waals surface area (Å²) in [6.45, 7) is 15.0. The zero-order valence-corrected chi connectivity index (χ0v) is 16.6. The maximum absolute atomic E-state index is 3.65. The van der Waals surface area contributed by atoms with Crippen LogP contribution in [0.4, 0.5) is 0 Å². The Bertz CT molecular complexity index is 272. The van der Waals surface area contributed by atoms with Gasteiger partial charge in [0.25, 0.3) is 0 Å². The van der Waals surface area contributed by atoms with Crippen molar-refractivity contribution in [1.29, 1.82) is 0 Å². The fourth-order valence-corrected chi connectivity index (χ4v) is 3.32. The molecular weight excluding hydrogens is 296 g/mol. The van der Waals surface area contributed by atoms with Crippen molar-refractivity contribution in [3.63, 3.8) is 0 Å². The zero-order valence-electron chi connectivity index (χ0n) is 16.6. The van der Waals surface area contributed by atoms with Gasteiger partial charge in [-0.3, -0.25) is 0 Å². The van der Waals surface area contributed by atoms with Crippen LogP contribution in [0.25, 0.3) is 0 Å². The van der Waals surface area contributed by atoms with E-state index in [1.165, 1.54) is 84.2 Å². The number of hydrogen-bond acceptors (Lipinski definition) is 4. The van der Waals surface area contributed by atoms with Crippen LogP contribution in [0.2, 0.25) is 0 Å². The van der Waals surface area contributed by atoms with Gasteiger partial charge in [-0.1, -0.05) is 20.3 Å². The molecule has 0 bridgehead atoms. The van der Waals surface area contributed by atoms with Gasteiger partial charge in [-0.25, -0.2) is 0 Å². The van der Waals surface area contributed by atoms with Crippen LogP contribution in [-0.4, -0.2) is 51.9 Å². The highest BCUT2D eigenvalue weighted by Gasteiger charge is 2.35. The van der Waals surface area contributed by atoms with E-state index in [0.29, 0.717) is 6.04 Å². The van der Waals surface area contributed by atoms with Crippen molar-refractivity contribution >= 4 is 0 Å². The van der Waals surface area contributed by atoms with Crippen LogP contribution in [0.5, 0.6) is 0 Å². The Balaban J connectivity index is 1.76. The molecule has 1 fully saturated rings. The average Bonchev–Trinajstić information content (AvgIpc) is 3.31. The molecule has 1 rings (SSSR count). The molecule has 4 heteroatoms. The first kappa shape index (κ1) is 21.9. The molecule has 144 valence electrons. The number of unbranched alkanes of at least 4 members (excludes halogenated alkanes) is 2. The van der Waals surface area contributed by atoms with Crippen LogP contribution >= 0.6 is 0 Å². The molecule has 1 aliphatic rings. The second-order valence-electron chi connectivity index (χ2n) is 7.58. The summed E-state index contributed by atoms with van der Waals surface area (Å²) in [4.78, 5) is 0. The van der Waals surface area contributed by atoms with Gasteiger partial charge in [0.05, 0.1) is 0 Å². The van der Waals surface area contributed by atoms with Gasteiger partial charge in [-0.2, -0.15) is 0 Å². The highest BCUT2D eigenvalue weighted by molar-refractivity contribution is 4.89. The second-order valence-corrected chi connectivity index (χ2v) is 7.58. The van der Waals surface area contributed by atoms with E-state index >= 15 is 0 Å². The third-order valence-corrected chi connectivity index (χ3v) is 5.08. The van der Waals surface area contributed by atoms with E-state index in [-0.39, 0.29) is 0 Å². The van der Waals surface area contributed by atoms with Crippen LogP contribution in [-0.2, 0) is 0 Å². The summed E-state index contributed by atoms with van der Waals surface area (Å²) in [7, 11) is 0. The molecule has 0 heterocycles. The van der Waals surface area contributed by atoms with E-state index in [1.54, 1.807) is 0 Å². The quantitative estimate of drug-likeness (QED) is 0.290. The summed E-state index contributed by atoms with van der Waals surface area (Å²) in [5.41, 5.74) is 0. The van der Waals surface area contributed by atoms with Crippen LogP contribution in [0.1, 0.15) is 65.7 Å². The van der Waals surface area contributed by atoms with Gasteiger partial charge < -0.3 is 21.3 Å². The highest BCUT2D eigenvalue weighted by atomic mass is 14.9. The lowest BCUT2D eigenvalue weighted by molar-refractivity contribution is 0.486. The SMILES string of the molecule is CCCC(C)NCCCCNC[C@@H]1C[C@H]1CNCCCCNCC. The van der Waals surface area contributed by atoms with Gasteiger partial charge in [0.15, 0.2) is 0 Å². The Morgan fingerprint density at radius 2 is 1.33 bits per heavy atom. The van der Waals surface area contributed by atoms with E-state index in [1.807, 2.05) is 0 Å². The molecule has 0 aliphatic heterocycles. The lowest BCUT2D eigenvalue weighted by Gasteiger charge is -2.12. The lowest BCUT2D eigenvalue weighted by Crippen LogP contribution is -2.27. The first-order chi connectivity index (χ1) is 11.8. The maximum atomic E-state index is 3.65. The Morgan fingerprint density at radius 1 is 0.792 bits per heavy atom. The largest absolute Gasteiger partial charge is 0.317 e. The van der Waals surface area contributed by atoms with E-state index in [0.717, 1.165) is 18.4 Å². The Kier molecular flexibility index (Phi) is 13.8. The summed E-state index contributed by atoms with van der Waals surface area (Å²) in [5.74, 6) is 1.87. The molecule has 1 aliphatic carbocycles. The van der Waals surface area contributed by atoms with Crippen LogP contribution < -0.4 is 21.3 Å². The molecule has 0 aromatic carbocycles. The summed E-state index contributed by atoms with van der Waals surface area (Å²) in [6.07, 6.45) is 9.19.